The van der Waals surface area contributed by atoms with Crippen molar-refractivity contribution in [1.29, 1.82) is 0 Å². The first-order valence-corrected chi connectivity index (χ1v) is 5.08. The van der Waals surface area contributed by atoms with E-state index in [0.717, 1.165) is 0 Å². The summed E-state index contributed by atoms with van der Waals surface area (Å²) in [7, 11) is 0. The van der Waals surface area contributed by atoms with Gasteiger partial charge in [0.05, 0.1) is 11.1 Å². The number of carboxylic acid groups (broad SMARTS) is 2. The van der Waals surface area contributed by atoms with E-state index in [9.17, 15) is 35.9 Å². The van der Waals surface area contributed by atoms with Crippen LogP contribution in [0, 0.1) is 0 Å². The Bertz CT molecular complexity index is 581. The van der Waals surface area contributed by atoms with E-state index in [0.29, 0.717) is 12.1 Å². The van der Waals surface area contributed by atoms with Gasteiger partial charge in [-0.2, -0.15) is 22.0 Å². The van der Waals surface area contributed by atoms with E-state index in [-0.39, 0.29) is 6.07 Å². The lowest BCUT2D eigenvalue weighted by atomic mass is 9.98. The first-order chi connectivity index (χ1) is 9.39. The predicted molar refractivity (Wildman–Crippen MR) is 55.2 cm³/mol. The maximum absolute atomic E-state index is 13.4. The number of carbonyl (C=O) groups is 2. The minimum Gasteiger partial charge on any atom is -0.478 e. The Morgan fingerprint density at radius 2 is 1.43 bits per heavy atom. The average Bonchev–Trinajstić information content (AvgIpc) is 2.35. The fraction of sp³-hybridized carbons (Fsp3) is 0.273. The fourth-order valence-electron chi connectivity index (χ4n) is 1.44. The topological polar surface area (TPSA) is 74.6 Å². The molecule has 1 atom stereocenters. The Hall–Kier alpha value is -2.26. The number of halogens is 6. The summed E-state index contributed by atoms with van der Waals surface area (Å²) >= 11 is 0. The Kier molecular flexibility index (Phi) is 4.21. The maximum atomic E-state index is 13.4. The lowest BCUT2D eigenvalue weighted by Gasteiger charge is -2.23. The molecule has 1 aromatic carbocycles. The minimum absolute atomic E-state index is 0.135. The summed E-state index contributed by atoms with van der Waals surface area (Å²) in [4.78, 5) is 21.4. The lowest BCUT2D eigenvalue weighted by Crippen LogP contribution is -2.40. The highest BCUT2D eigenvalue weighted by Crippen LogP contribution is 2.46. The molecule has 1 aromatic rings. The van der Waals surface area contributed by atoms with E-state index < -0.39 is 46.9 Å². The summed E-state index contributed by atoms with van der Waals surface area (Å²) in [5.41, 5.74) is -3.26. The van der Waals surface area contributed by atoms with Crippen LogP contribution >= 0.6 is 0 Å². The van der Waals surface area contributed by atoms with E-state index in [1.807, 2.05) is 0 Å². The zero-order chi connectivity index (χ0) is 16.6. The zero-order valence-electron chi connectivity index (χ0n) is 9.79. The molecule has 0 aliphatic rings. The molecule has 0 unspecified atom stereocenters. The molecule has 0 aliphatic heterocycles. The summed E-state index contributed by atoms with van der Waals surface area (Å²) < 4.78 is 75.2. The molecule has 116 valence electrons. The summed E-state index contributed by atoms with van der Waals surface area (Å²) in [6.07, 6.45) is -10.0. The molecule has 0 fully saturated rings. The van der Waals surface area contributed by atoms with Crippen LogP contribution in [0.3, 0.4) is 0 Å². The first-order valence-electron chi connectivity index (χ1n) is 5.08. The van der Waals surface area contributed by atoms with Crippen LogP contribution in [0.25, 0.3) is 0 Å². The molecule has 1 rings (SSSR count). The molecule has 4 nitrogen and oxygen atoms in total. The van der Waals surface area contributed by atoms with Crippen molar-refractivity contribution in [3.63, 3.8) is 0 Å². The standard InChI is InChI=1S/C11H6F6O4/c12-7(10(13,14)11(15,16)17)4-1-2-5(8(18)19)6(3-4)9(20)21/h1-3,7H,(H,18,19)(H,20,21)/t7-/m0/s1. The second-order valence-electron chi connectivity index (χ2n) is 3.90. The molecule has 0 spiro atoms. The molecule has 0 heterocycles. The Morgan fingerprint density at radius 3 is 1.81 bits per heavy atom. The normalized spacial score (nSPS) is 13.8. The van der Waals surface area contributed by atoms with Gasteiger partial charge in [0.1, 0.15) is 0 Å². The Morgan fingerprint density at radius 1 is 0.952 bits per heavy atom. The summed E-state index contributed by atoms with van der Waals surface area (Å²) in [6, 6.07) is 0.941. The van der Waals surface area contributed by atoms with Crippen LogP contribution in [0.4, 0.5) is 26.3 Å². The summed E-state index contributed by atoms with van der Waals surface area (Å²) in [5.74, 6) is -9.40. The van der Waals surface area contributed by atoms with Crippen LogP contribution in [0.2, 0.25) is 0 Å². The lowest BCUT2D eigenvalue weighted by molar-refractivity contribution is -0.305. The number of hydrogen-bond acceptors (Lipinski definition) is 2. The quantitative estimate of drug-likeness (QED) is 0.836. The highest BCUT2D eigenvalue weighted by atomic mass is 19.4. The molecular weight excluding hydrogens is 310 g/mol. The van der Waals surface area contributed by atoms with Crippen molar-refractivity contribution in [2.24, 2.45) is 0 Å². The number of benzene rings is 1. The minimum atomic E-state index is -6.18. The van der Waals surface area contributed by atoms with Gasteiger partial charge in [-0.1, -0.05) is 6.07 Å². The first kappa shape index (κ1) is 16.8. The van der Waals surface area contributed by atoms with Crippen LogP contribution in [0.5, 0.6) is 0 Å². The van der Waals surface area contributed by atoms with Crippen molar-refractivity contribution in [1.82, 2.24) is 0 Å². The van der Waals surface area contributed by atoms with Gasteiger partial charge in [0.2, 0.25) is 0 Å². The van der Waals surface area contributed by atoms with Gasteiger partial charge in [0, 0.05) is 0 Å². The van der Waals surface area contributed by atoms with Crippen LogP contribution in [0.1, 0.15) is 32.5 Å². The summed E-state index contributed by atoms with van der Waals surface area (Å²) in [5, 5.41) is 17.3. The van der Waals surface area contributed by atoms with Crippen LogP contribution in [-0.2, 0) is 0 Å². The van der Waals surface area contributed by atoms with E-state index in [1.54, 1.807) is 0 Å². The third-order valence-corrected chi connectivity index (χ3v) is 2.49. The molecule has 21 heavy (non-hydrogen) atoms. The summed E-state index contributed by atoms with van der Waals surface area (Å²) in [6.45, 7) is 0. The van der Waals surface area contributed by atoms with Crippen molar-refractivity contribution in [3.8, 4) is 0 Å². The molecule has 0 saturated carbocycles. The van der Waals surface area contributed by atoms with E-state index in [1.165, 1.54) is 0 Å². The number of rotatable bonds is 4. The van der Waals surface area contributed by atoms with Crippen LogP contribution in [-0.4, -0.2) is 34.3 Å². The Balaban J connectivity index is 3.37. The van der Waals surface area contributed by atoms with Crippen molar-refractivity contribution in [3.05, 3.63) is 34.9 Å². The zero-order valence-corrected chi connectivity index (χ0v) is 9.79. The van der Waals surface area contributed by atoms with Gasteiger partial charge in [0.25, 0.3) is 0 Å². The molecule has 2 N–H and O–H groups in total. The number of carboxylic acids is 2. The van der Waals surface area contributed by atoms with Crippen LogP contribution < -0.4 is 0 Å². The largest absolute Gasteiger partial charge is 0.478 e. The number of aromatic carboxylic acids is 2. The van der Waals surface area contributed by atoms with Gasteiger partial charge in [0.15, 0.2) is 6.17 Å². The van der Waals surface area contributed by atoms with Gasteiger partial charge < -0.3 is 10.2 Å². The average molecular weight is 316 g/mol. The number of hydrogen-bond donors (Lipinski definition) is 2. The molecule has 0 aromatic heterocycles. The van der Waals surface area contributed by atoms with E-state index in [4.69, 9.17) is 10.2 Å². The van der Waals surface area contributed by atoms with Crippen molar-refractivity contribution >= 4 is 11.9 Å². The number of alkyl halides is 6. The second kappa shape index (κ2) is 5.26. The third-order valence-electron chi connectivity index (χ3n) is 2.49. The molecular formula is C11H6F6O4. The second-order valence-corrected chi connectivity index (χ2v) is 3.90. The molecule has 0 bridgehead atoms. The van der Waals surface area contributed by atoms with Crippen LogP contribution in [0.15, 0.2) is 18.2 Å². The van der Waals surface area contributed by atoms with E-state index >= 15 is 0 Å². The predicted octanol–water partition coefficient (Wildman–Crippen LogP) is 3.29. The fourth-order valence-corrected chi connectivity index (χ4v) is 1.44. The van der Waals surface area contributed by atoms with Crippen molar-refractivity contribution in [2.45, 2.75) is 18.3 Å². The molecule has 0 saturated heterocycles. The monoisotopic (exact) mass is 316 g/mol. The molecule has 10 heteroatoms. The van der Waals surface area contributed by atoms with Gasteiger partial charge in [-0.05, 0) is 17.7 Å². The smallest absolute Gasteiger partial charge is 0.456 e. The molecule has 0 radical (unpaired) electrons. The van der Waals surface area contributed by atoms with Gasteiger partial charge >= 0.3 is 24.0 Å². The van der Waals surface area contributed by atoms with Gasteiger partial charge in [-0.15, -0.1) is 0 Å². The SMILES string of the molecule is O=C(O)c1ccc([C@H](F)C(F)(F)C(F)(F)F)cc1C(=O)O. The highest BCUT2D eigenvalue weighted by molar-refractivity contribution is 6.01. The van der Waals surface area contributed by atoms with Gasteiger partial charge in [-0.3, -0.25) is 0 Å². The Labute approximate surface area is 112 Å². The molecule has 0 aliphatic carbocycles. The van der Waals surface area contributed by atoms with Gasteiger partial charge in [-0.25, -0.2) is 14.0 Å². The van der Waals surface area contributed by atoms with Crippen molar-refractivity contribution < 1.29 is 46.1 Å². The maximum Gasteiger partial charge on any atom is 0.456 e. The molecule has 0 amide bonds. The van der Waals surface area contributed by atoms with Crippen molar-refractivity contribution in [2.75, 3.05) is 0 Å². The highest BCUT2D eigenvalue weighted by Gasteiger charge is 2.63. The van der Waals surface area contributed by atoms with E-state index in [2.05, 4.69) is 0 Å². The third kappa shape index (κ3) is 3.09.